The Hall–Kier alpha value is -2.00. The second-order valence-corrected chi connectivity index (χ2v) is 8.15. The summed E-state index contributed by atoms with van der Waals surface area (Å²) in [5.74, 6) is 1.65. The van der Waals surface area contributed by atoms with Crippen LogP contribution in [0.5, 0.6) is 11.5 Å². The zero-order chi connectivity index (χ0) is 18.9. The van der Waals surface area contributed by atoms with Gasteiger partial charge in [-0.1, -0.05) is 44.5 Å². The maximum Gasteiger partial charge on any atom is 0.161 e. The van der Waals surface area contributed by atoms with E-state index >= 15 is 0 Å². The molecule has 1 N–H and O–H groups in total. The maximum absolute atomic E-state index is 5.83. The van der Waals surface area contributed by atoms with Crippen LogP contribution >= 0.6 is 0 Å². The summed E-state index contributed by atoms with van der Waals surface area (Å²) in [6.45, 7) is 12.6. The Kier molecular flexibility index (Phi) is 5.29. The quantitative estimate of drug-likeness (QED) is 0.845. The highest BCUT2D eigenvalue weighted by molar-refractivity contribution is 5.52. The predicted octanol–water partition coefficient (Wildman–Crippen LogP) is 4.93. The minimum Gasteiger partial charge on any atom is -0.493 e. The van der Waals surface area contributed by atoms with Crippen molar-refractivity contribution in [1.82, 2.24) is 5.32 Å². The molecular weight excluding hydrogens is 322 g/mol. The summed E-state index contributed by atoms with van der Waals surface area (Å²) in [5.41, 5.74) is 6.77. The minimum atomic E-state index is 0.134. The van der Waals surface area contributed by atoms with E-state index in [2.05, 4.69) is 63.3 Å². The summed E-state index contributed by atoms with van der Waals surface area (Å²) in [4.78, 5) is 0. The lowest BCUT2D eigenvalue weighted by molar-refractivity contribution is 0.309. The van der Waals surface area contributed by atoms with Gasteiger partial charge in [0.25, 0.3) is 0 Å². The van der Waals surface area contributed by atoms with Gasteiger partial charge in [0.1, 0.15) is 0 Å². The van der Waals surface area contributed by atoms with Crippen molar-refractivity contribution in [3.8, 4) is 11.5 Å². The molecule has 3 heteroatoms. The Morgan fingerprint density at radius 1 is 1.08 bits per heavy atom. The van der Waals surface area contributed by atoms with Gasteiger partial charge in [-0.15, -0.1) is 0 Å². The van der Waals surface area contributed by atoms with E-state index in [1.807, 2.05) is 6.92 Å². The molecule has 1 aliphatic rings. The minimum absolute atomic E-state index is 0.134. The molecule has 0 fully saturated rings. The number of aryl methyl sites for hydroxylation is 1. The summed E-state index contributed by atoms with van der Waals surface area (Å²) in [6, 6.07) is 11.4. The molecular formula is C23H31NO2. The van der Waals surface area contributed by atoms with Crippen molar-refractivity contribution in [2.45, 2.75) is 52.5 Å². The van der Waals surface area contributed by atoms with Crippen molar-refractivity contribution < 1.29 is 9.47 Å². The van der Waals surface area contributed by atoms with Gasteiger partial charge >= 0.3 is 0 Å². The van der Waals surface area contributed by atoms with Crippen molar-refractivity contribution in [3.63, 3.8) is 0 Å². The lowest BCUT2D eigenvalue weighted by Gasteiger charge is -2.30. The molecule has 0 aliphatic carbocycles. The van der Waals surface area contributed by atoms with Gasteiger partial charge in [-0.2, -0.15) is 0 Å². The largest absolute Gasteiger partial charge is 0.493 e. The highest BCUT2D eigenvalue weighted by Crippen LogP contribution is 2.38. The number of hydrogen-bond acceptors (Lipinski definition) is 3. The van der Waals surface area contributed by atoms with Crippen molar-refractivity contribution in [1.29, 1.82) is 0 Å². The van der Waals surface area contributed by atoms with Crippen LogP contribution in [-0.2, 0) is 11.8 Å². The van der Waals surface area contributed by atoms with Crippen LogP contribution in [0.3, 0.4) is 0 Å². The monoisotopic (exact) mass is 353 g/mol. The molecule has 3 nitrogen and oxygen atoms in total. The Balaban J connectivity index is 2.10. The Bertz CT molecular complexity index is 790. The van der Waals surface area contributed by atoms with Crippen LogP contribution in [-0.4, -0.2) is 20.3 Å². The summed E-state index contributed by atoms with van der Waals surface area (Å²) in [7, 11) is 1.71. The second kappa shape index (κ2) is 7.32. The number of rotatable bonds is 4. The zero-order valence-corrected chi connectivity index (χ0v) is 16.9. The zero-order valence-electron chi connectivity index (χ0n) is 16.9. The van der Waals surface area contributed by atoms with Gasteiger partial charge in [0.15, 0.2) is 11.5 Å². The topological polar surface area (TPSA) is 30.5 Å². The number of methoxy groups -OCH3 is 1. The van der Waals surface area contributed by atoms with Crippen LogP contribution in [0.2, 0.25) is 0 Å². The number of nitrogens with one attached hydrogen (secondary N) is 1. The first kappa shape index (κ1) is 18.8. The molecule has 2 aromatic carbocycles. The van der Waals surface area contributed by atoms with Crippen molar-refractivity contribution in [2.75, 3.05) is 20.3 Å². The van der Waals surface area contributed by atoms with Crippen molar-refractivity contribution in [3.05, 3.63) is 58.1 Å². The van der Waals surface area contributed by atoms with Crippen LogP contribution in [0.1, 0.15) is 61.6 Å². The summed E-state index contributed by atoms with van der Waals surface area (Å²) in [5, 5.41) is 3.71. The summed E-state index contributed by atoms with van der Waals surface area (Å²) in [6.07, 6.45) is 1.01. The van der Waals surface area contributed by atoms with Gasteiger partial charge < -0.3 is 14.8 Å². The molecule has 0 bridgehead atoms. The van der Waals surface area contributed by atoms with E-state index in [-0.39, 0.29) is 11.5 Å². The lowest BCUT2D eigenvalue weighted by atomic mass is 9.82. The molecule has 140 valence electrons. The first-order valence-corrected chi connectivity index (χ1v) is 9.52. The van der Waals surface area contributed by atoms with E-state index in [9.17, 15) is 0 Å². The molecule has 0 radical (unpaired) electrons. The van der Waals surface area contributed by atoms with Gasteiger partial charge in [-0.25, -0.2) is 0 Å². The molecule has 1 heterocycles. The molecule has 0 spiro atoms. The fraction of sp³-hybridized carbons (Fsp3) is 0.478. The standard InChI is InChI=1S/C23H31NO2/c1-7-26-21-14-19-16(13-20(21)25-6)8-9-24-22(19)17-10-15(2)11-18(12-17)23(3,4)5/h10-14,22,24H,7-9H2,1-6H3. The lowest BCUT2D eigenvalue weighted by Crippen LogP contribution is -2.31. The normalized spacial score (nSPS) is 16.9. The Morgan fingerprint density at radius 3 is 2.50 bits per heavy atom. The third-order valence-corrected chi connectivity index (χ3v) is 5.08. The number of benzene rings is 2. The van der Waals surface area contributed by atoms with Crippen LogP contribution in [0.4, 0.5) is 0 Å². The van der Waals surface area contributed by atoms with E-state index in [4.69, 9.17) is 9.47 Å². The first-order valence-electron chi connectivity index (χ1n) is 9.52. The molecule has 2 aromatic rings. The maximum atomic E-state index is 5.83. The molecule has 0 aromatic heterocycles. The molecule has 0 saturated carbocycles. The highest BCUT2D eigenvalue weighted by atomic mass is 16.5. The Labute approximate surface area is 157 Å². The number of ether oxygens (including phenoxy) is 2. The molecule has 1 unspecified atom stereocenters. The number of fused-ring (bicyclic) bond motifs is 1. The van der Waals surface area contributed by atoms with E-state index in [0.29, 0.717) is 6.61 Å². The van der Waals surface area contributed by atoms with E-state index in [1.165, 1.54) is 27.8 Å². The van der Waals surface area contributed by atoms with Gasteiger partial charge in [-0.3, -0.25) is 0 Å². The molecule has 1 aliphatic heterocycles. The predicted molar refractivity (Wildman–Crippen MR) is 108 cm³/mol. The van der Waals surface area contributed by atoms with Crippen LogP contribution < -0.4 is 14.8 Å². The third-order valence-electron chi connectivity index (χ3n) is 5.08. The van der Waals surface area contributed by atoms with E-state index in [1.54, 1.807) is 7.11 Å². The summed E-state index contributed by atoms with van der Waals surface area (Å²) < 4.78 is 11.4. The average molecular weight is 354 g/mol. The third kappa shape index (κ3) is 3.73. The molecule has 0 amide bonds. The van der Waals surface area contributed by atoms with Gasteiger partial charge in [-0.05, 0) is 60.1 Å². The SMILES string of the molecule is CCOc1cc2c(cc1OC)CCNC2c1cc(C)cc(C(C)(C)C)c1. The smallest absolute Gasteiger partial charge is 0.161 e. The highest BCUT2D eigenvalue weighted by Gasteiger charge is 2.25. The number of hydrogen-bond donors (Lipinski definition) is 1. The van der Waals surface area contributed by atoms with Crippen LogP contribution in [0, 0.1) is 6.92 Å². The summed E-state index contributed by atoms with van der Waals surface area (Å²) >= 11 is 0. The van der Waals surface area contributed by atoms with Gasteiger partial charge in [0.05, 0.1) is 19.8 Å². The fourth-order valence-electron chi connectivity index (χ4n) is 3.70. The van der Waals surface area contributed by atoms with E-state index in [0.717, 1.165) is 24.5 Å². The van der Waals surface area contributed by atoms with Crippen LogP contribution in [0.25, 0.3) is 0 Å². The van der Waals surface area contributed by atoms with Crippen LogP contribution in [0.15, 0.2) is 30.3 Å². The average Bonchev–Trinajstić information content (AvgIpc) is 2.59. The fourth-order valence-corrected chi connectivity index (χ4v) is 3.70. The molecule has 0 saturated heterocycles. The Morgan fingerprint density at radius 2 is 1.85 bits per heavy atom. The van der Waals surface area contributed by atoms with Crippen molar-refractivity contribution >= 4 is 0 Å². The molecule has 3 rings (SSSR count). The van der Waals surface area contributed by atoms with Gasteiger partial charge in [0.2, 0.25) is 0 Å². The second-order valence-electron chi connectivity index (χ2n) is 8.15. The molecule has 1 atom stereocenters. The van der Waals surface area contributed by atoms with Gasteiger partial charge in [0, 0.05) is 6.54 Å². The molecule has 26 heavy (non-hydrogen) atoms. The first-order chi connectivity index (χ1) is 12.3. The van der Waals surface area contributed by atoms with Crippen molar-refractivity contribution in [2.24, 2.45) is 0 Å². The van der Waals surface area contributed by atoms with E-state index < -0.39 is 0 Å².